The molecule has 0 unspecified atom stereocenters. The van der Waals surface area contributed by atoms with Gasteiger partial charge in [0.2, 0.25) is 5.88 Å². The monoisotopic (exact) mass is 235 g/mol. The molecule has 0 atom stereocenters. The van der Waals surface area contributed by atoms with Gasteiger partial charge in [-0.1, -0.05) is 13.3 Å². The fraction of sp³-hybridized carbons (Fsp3) is 0.364. The molecule has 2 N–H and O–H groups in total. The zero-order chi connectivity index (χ0) is 12.4. The molecule has 17 heavy (non-hydrogen) atoms. The van der Waals surface area contributed by atoms with Crippen LogP contribution < -0.4 is 5.56 Å². The van der Waals surface area contributed by atoms with Crippen molar-refractivity contribution in [3.8, 4) is 17.4 Å². The van der Waals surface area contributed by atoms with E-state index in [1.165, 1.54) is 6.26 Å². The molecule has 0 aliphatic heterocycles. The molecule has 2 aromatic rings. The number of aryl methyl sites for hydroxylation is 1. The molecule has 6 nitrogen and oxygen atoms in total. The van der Waals surface area contributed by atoms with Gasteiger partial charge in [-0.25, -0.2) is 4.98 Å². The maximum Gasteiger partial charge on any atom is 0.258 e. The lowest BCUT2D eigenvalue weighted by molar-refractivity contribution is 0.443. The van der Waals surface area contributed by atoms with Gasteiger partial charge in [-0.2, -0.15) is 4.98 Å². The Morgan fingerprint density at radius 2 is 2.24 bits per heavy atom. The number of rotatable bonds is 3. The first-order valence-electron chi connectivity index (χ1n) is 5.36. The summed E-state index contributed by atoms with van der Waals surface area (Å²) < 4.78 is 5.02. The third-order valence-electron chi connectivity index (χ3n) is 2.36. The third-order valence-corrected chi connectivity index (χ3v) is 2.36. The van der Waals surface area contributed by atoms with E-state index in [2.05, 4.69) is 15.0 Å². The van der Waals surface area contributed by atoms with E-state index in [0.29, 0.717) is 23.6 Å². The average Bonchev–Trinajstić information content (AvgIpc) is 2.70. The van der Waals surface area contributed by atoms with E-state index < -0.39 is 0 Å². The van der Waals surface area contributed by atoms with Crippen LogP contribution in [0.4, 0.5) is 0 Å². The van der Waals surface area contributed by atoms with Gasteiger partial charge in [-0.3, -0.25) is 4.79 Å². The van der Waals surface area contributed by atoms with Gasteiger partial charge >= 0.3 is 0 Å². The summed E-state index contributed by atoms with van der Waals surface area (Å²) in [4.78, 5) is 22.2. The Balaban J connectivity index is 2.49. The van der Waals surface area contributed by atoms with Gasteiger partial charge in [0.05, 0.1) is 5.56 Å². The lowest BCUT2D eigenvalue weighted by Crippen LogP contribution is -2.15. The molecule has 0 saturated carbocycles. The predicted octanol–water partition coefficient (Wildman–Crippen LogP) is 1.39. The SMILES string of the molecule is CCCc1c(O)nc(-c2coc(C)n2)[nH]c1=O. The Bertz CT molecular complexity index is 586. The van der Waals surface area contributed by atoms with Crippen molar-refractivity contribution < 1.29 is 9.52 Å². The average molecular weight is 235 g/mol. The predicted molar refractivity (Wildman–Crippen MR) is 60.8 cm³/mol. The first-order chi connectivity index (χ1) is 8.11. The minimum Gasteiger partial charge on any atom is -0.493 e. The van der Waals surface area contributed by atoms with E-state index in [4.69, 9.17) is 4.42 Å². The summed E-state index contributed by atoms with van der Waals surface area (Å²) in [6, 6.07) is 0. The summed E-state index contributed by atoms with van der Waals surface area (Å²) >= 11 is 0. The molecule has 0 saturated heterocycles. The number of nitrogens with one attached hydrogen (secondary N) is 1. The van der Waals surface area contributed by atoms with Crippen molar-refractivity contribution in [3.05, 3.63) is 28.1 Å². The van der Waals surface area contributed by atoms with Crippen molar-refractivity contribution in [1.29, 1.82) is 0 Å². The Hall–Kier alpha value is -2.11. The van der Waals surface area contributed by atoms with Gasteiger partial charge in [0.1, 0.15) is 12.0 Å². The summed E-state index contributed by atoms with van der Waals surface area (Å²) in [5.74, 6) is 0.440. The van der Waals surface area contributed by atoms with Crippen LogP contribution in [0.5, 0.6) is 5.88 Å². The molecule has 0 fully saturated rings. The van der Waals surface area contributed by atoms with Gasteiger partial charge in [-0.05, 0) is 6.42 Å². The molecule has 0 aliphatic rings. The van der Waals surface area contributed by atoms with Crippen molar-refractivity contribution in [2.75, 3.05) is 0 Å². The van der Waals surface area contributed by atoms with Crippen molar-refractivity contribution in [3.63, 3.8) is 0 Å². The van der Waals surface area contributed by atoms with Crippen molar-refractivity contribution >= 4 is 0 Å². The lowest BCUT2D eigenvalue weighted by Gasteiger charge is -2.02. The largest absolute Gasteiger partial charge is 0.493 e. The maximum atomic E-state index is 11.7. The standard InChI is InChI=1S/C11H13N3O3/c1-3-4-7-10(15)13-9(14-11(7)16)8-5-17-6(2)12-8/h5H,3-4H2,1-2H3,(H2,13,14,15,16). The summed E-state index contributed by atoms with van der Waals surface area (Å²) in [5, 5.41) is 9.68. The zero-order valence-electron chi connectivity index (χ0n) is 9.65. The van der Waals surface area contributed by atoms with Gasteiger partial charge in [0.15, 0.2) is 11.7 Å². The number of hydrogen-bond donors (Lipinski definition) is 2. The van der Waals surface area contributed by atoms with E-state index in [0.717, 1.165) is 6.42 Å². The van der Waals surface area contributed by atoms with Crippen molar-refractivity contribution in [1.82, 2.24) is 15.0 Å². The van der Waals surface area contributed by atoms with Crippen LogP contribution in [0.1, 0.15) is 24.8 Å². The Kier molecular flexibility index (Phi) is 2.95. The molecule has 0 radical (unpaired) electrons. The first-order valence-corrected chi connectivity index (χ1v) is 5.36. The topological polar surface area (TPSA) is 92.0 Å². The van der Waals surface area contributed by atoms with Crippen LogP contribution in [0.15, 0.2) is 15.5 Å². The molecule has 2 heterocycles. The van der Waals surface area contributed by atoms with Crippen LogP contribution in [0.2, 0.25) is 0 Å². The molecule has 90 valence electrons. The number of oxazole rings is 1. The second kappa shape index (κ2) is 4.40. The molecule has 0 amide bonds. The number of nitrogens with zero attached hydrogens (tertiary/aromatic N) is 2. The van der Waals surface area contributed by atoms with Crippen LogP contribution in [0.25, 0.3) is 11.5 Å². The van der Waals surface area contributed by atoms with E-state index in [1.54, 1.807) is 6.92 Å². The number of aromatic amines is 1. The van der Waals surface area contributed by atoms with E-state index >= 15 is 0 Å². The number of aromatic nitrogens is 3. The van der Waals surface area contributed by atoms with Gasteiger partial charge in [-0.15, -0.1) is 0 Å². The lowest BCUT2D eigenvalue weighted by atomic mass is 10.2. The highest BCUT2D eigenvalue weighted by Gasteiger charge is 2.13. The highest BCUT2D eigenvalue weighted by Crippen LogP contribution is 2.17. The Morgan fingerprint density at radius 1 is 1.47 bits per heavy atom. The first kappa shape index (κ1) is 11.4. The van der Waals surface area contributed by atoms with Gasteiger partial charge in [0.25, 0.3) is 5.56 Å². The highest BCUT2D eigenvalue weighted by atomic mass is 16.3. The highest BCUT2D eigenvalue weighted by molar-refractivity contribution is 5.48. The molecule has 0 aliphatic carbocycles. The smallest absolute Gasteiger partial charge is 0.258 e. The van der Waals surface area contributed by atoms with Crippen molar-refractivity contribution in [2.24, 2.45) is 0 Å². The molecule has 2 rings (SSSR count). The zero-order valence-corrected chi connectivity index (χ0v) is 9.65. The third kappa shape index (κ3) is 2.20. The van der Waals surface area contributed by atoms with Gasteiger partial charge in [0, 0.05) is 6.92 Å². The molecular weight excluding hydrogens is 222 g/mol. The molecule has 0 spiro atoms. The van der Waals surface area contributed by atoms with Crippen LogP contribution in [-0.4, -0.2) is 20.1 Å². The normalized spacial score (nSPS) is 10.7. The maximum absolute atomic E-state index is 11.7. The van der Waals surface area contributed by atoms with E-state index in [9.17, 15) is 9.90 Å². The fourth-order valence-electron chi connectivity index (χ4n) is 1.55. The van der Waals surface area contributed by atoms with Gasteiger partial charge < -0.3 is 14.5 Å². The summed E-state index contributed by atoms with van der Waals surface area (Å²) in [6.07, 6.45) is 2.64. The molecule has 2 aromatic heterocycles. The van der Waals surface area contributed by atoms with E-state index in [1.807, 2.05) is 6.92 Å². The van der Waals surface area contributed by atoms with E-state index in [-0.39, 0.29) is 17.3 Å². The van der Waals surface area contributed by atoms with Crippen molar-refractivity contribution in [2.45, 2.75) is 26.7 Å². The summed E-state index contributed by atoms with van der Waals surface area (Å²) in [5.41, 5.74) is 0.365. The van der Waals surface area contributed by atoms with Crippen LogP contribution in [0.3, 0.4) is 0 Å². The quantitative estimate of drug-likeness (QED) is 0.838. The molecular formula is C11H13N3O3. The fourth-order valence-corrected chi connectivity index (χ4v) is 1.55. The van der Waals surface area contributed by atoms with Crippen LogP contribution in [-0.2, 0) is 6.42 Å². The number of aromatic hydroxyl groups is 1. The van der Waals surface area contributed by atoms with Crippen LogP contribution in [0, 0.1) is 6.92 Å². The minimum absolute atomic E-state index is 0.212. The summed E-state index contributed by atoms with van der Waals surface area (Å²) in [7, 11) is 0. The minimum atomic E-state index is -0.338. The number of hydrogen-bond acceptors (Lipinski definition) is 5. The molecule has 6 heteroatoms. The summed E-state index contributed by atoms with van der Waals surface area (Å²) in [6.45, 7) is 3.61. The Labute approximate surface area is 97.4 Å². The second-order valence-corrected chi connectivity index (χ2v) is 3.72. The van der Waals surface area contributed by atoms with Crippen LogP contribution >= 0.6 is 0 Å². The number of H-pyrrole nitrogens is 1. The molecule has 0 bridgehead atoms. The molecule has 0 aromatic carbocycles. The Morgan fingerprint density at radius 3 is 2.76 bits per heavy atom. The second-order valence-electron chi connectivity index (χ2n) is 3.72.